The Morgan fingerprint density at radius 3 is 2.92 bits per heavy atom. The summed E-state index contributed by atoms with van der Waals surface area (Å²) in [7, 11) is 0. The SMILES string of the molecule is CCC(C)CC(=O)N[C@@H]1[C@H](O)[C@@H](CO)O[C@H]1n1cnc2c(N)ncnc21. The number of carbonyl (C=O) groups is 1. The number of hydrogen-bond acceptors (Lipinski definition) is 8. The standard InChI is InChI=1S/C16H24N6O4/c1-3-8(2)4-10(24)21-11-13(25)9(5-23)26-16(11)22-7-20-12-14(17)18-6-19-15(12)22/h6-9,11,13,16,23,25H,3-5H2,1-2H3,(H,21,24)(H2,17,18,19)/t8?,9-,11-,13-,16-/m1/s1. The minimum atomic E-state index is -1.07. The van der Waals surface area contributed by atoms with Gasteiger partial charge in [0.2, 0.25) is 5.91 Å². The average molecular weight is 364 g/mol. The Labute approximate surface area is 150 Å². The number of nitrogens with one attached hydrogen (secondary N) is 1. The summed E-state index contributed by atoms with van der Waals surface area (Å²) in [5, 5.41) is 22.8. The van der Waals surface area contributed by atoms with Gasteiger partial charge >= 0.3 is 0 Å². The van der Waals surface area contributed by atoms with E-state index in [4.69, 9.17) is 10.5 Å². The van der Waals surface area contributed by atoms with Gasteiger partial charge in [0, 0.05) is 6.42 Å². The Kier molecular flexibility index (Phi) is 5.35. The van der Waals surface area contributed by atoms with Crippen molar-refractivity contribution in [2.45, 2.75) is 51.2 Å². The molecule has 1 aliphatic rings. The largest absolute Gasteiger partial charge is 0.394 e. The zero-order chi connectivity index (χ0) is 18.8. The van der Waals surface area contributed by atoms with E-state index in [1.54, 1.807) is 4.57 Å². The van der Waals surface area contributed by atoms with Gasteiger partial charge < -0.3 is 26.0 Å². The molecule has 10 nitrogen and oxygen atoms in total. The molecule has 0 saturated carbocycles. The fourth-order valence-corrected chi connectivity index (χ4v) is 3.05. The number of hydrogen-bond donors (Lipinski definition) is 4. The summed E-state index contributed by atoms with van der Waals surface area (Å²) in [6, 6.07) is -0.753. The second-order valence-corrected chi connectivity index (χ2v) is 6.63. The number of rotatable bonds is 6. The van der Waals surface area contributed by atoms with E-state index in [1.165, 1.54) is 12.7 Å². The third-order valence-corrected chi connectivity index (χ3v) is 4.77. The molecule has 2 aromatic rings. The van der Waals surface area contributed by atoms with Gasteiger partial charge in [0.05, 0.1) is 12.9 Å². The highest BCUT2D eigenvalue weighted by molar-refractivity contribution is 5.81. The van der Waals surface area contributed by atoms with Crippen LogP contribution in [0, 0.1) is 5.92 Å². The van der Waals surface area contributed by atoms with E-state index in [0.717, 1.165) is 6.42 Å². The van der Waals surface area contributed by atoms with Gasteiger partial charge in [-0.05, 0) is 5.92 Å². The number of aliphatic hydroxyl groups excluding tert-OH is 2. The Morgan fingerprint density at radius 2 is 2.23 bits per heavy atom. The molecule has 1 unspecified atom stereocenters. The molecule has 0 spiro atoms. The van der Waals surface area contributed by atoms with Gasteiger partial charge in [0.25, 0.3) is 0 Å². The second-order valence-electron chi connectivity index (χ2n) is 6.63. The number of imidazole rings is 1. The van der Waals surface area contributed by atoms with Crippen molar-refractivity contribution in [3.63, 3.8) is 0 Å². The summed E-state index contributed by atoms with van der Waals surface area (Å²) in [6.07, 6.45) is 1.33. The number of nitrogen functional groups attached to an aromatic ring is 1. The van der Waals surface area contributed by atoms with Crippen LogP contribution in [0.15, 0.2) is 12.7 Å². The number of amides is 1. The van der Waals surface area contributed by atoms with Crippen LogP contribution in [0.4, 0.5) is 5.82 Å². The molecule has 10 heteroatoms. The fraction of sp³-hybridized carbons (Fsp3) is 0.625. The number of aromatic nitrogens is 4. The van der Waals surface area contributed by atoms with Crippen LogP contribution in [0.2, 0.25) is 0 Å². The fourth-order valence-electron chi connectivity index (χ4n) is 3.05. The van der Waals surface area contributed by atoms with Crippen LogP contribution < -0.4 is 11.1 Å². The number of anilines is 1. The Morgan fingerprint density at radius 1 is 1.46 bits per heavy atom. The number of fused-ring (bicyclic) bond motifs is 1. The smallest absolute Gasteiger partial charge is 0.220 e. The predicted molar refractivity (Wildman–Crippen MR) is 92.7 cm³/mol. The lowest BCUT2D eigenvalue weighted by Crippen LogP contribution is -2.47. The van der Waals surface area contributed by atoms with E-state index in [9.17, 15) is 15.0 Å². The normalized spacial score (nSPS) is 26.9. The van der Waals surface area contributed by atoms with Gasteiger partial charge in [0.1, 0.15) is 30.1 Å². The van der Waals surface area contributed by atoms with Crippen LogP contribution in [-0.4, -0.2) is 60.5 Å². The highest BCUT2D eigenvalue weighted by Crippen LogP contribution is 2.32. The second kappa shape index (κ2) is 7.52. The first-order valence-corrected chi connectivity index (χ1v) is 8.63. The maximum Gasteiger partial charge on any atom is 0.220 e. The van der Waals surface area contributed by atoms with Crippen LogP contribution in [0.5, 0.6) is 0 Å². The molecular weight excluding hydrogens is 340 g/mol. The summed E-state index contributed by atoms with van der Waals surface area (Å²) in [6.45, 7) is 3.62. The first kappa shape index (κ1) is 18.5. The molecule has 5 atom stereocenters. The molecule has 1 fully saturated rings. The van der Waals surface area contributed by atoms with Crippen molar-refractivity contribution in [2.24, 2.45) is 5.92 Å². The van der Waals surface area contributed by atoms with Gasteiger partial charge in [-0.15, -0.1) is 0 Å². The van der Waals surface area contributed by atoms with Crippen molar-refractivity contribution in [1.82, 2.24) is 24.8 Å². The average Bonchev–Trinajstić information content (AvgIpc) is 3.17. The molecule has 3 rings (SSSR count). The zero-order valence-corrected chi connectivity index (χ0v) is 14.7. The molecule has 1 amide bonds. The lowest BCUT2D eigenvalue weighted by atomic mass is 10.0. The molecule has 3 heterocycles. The Balaban J connectivity index is 1.89. The number of nitrogens with two attached hydrogens (primary N) is 1. The minimum Gasteiger partial charge on any atom is -0.394 e. The molecular formula is C16H24N6O4. The van der Waals surface area contributed by atoms with E-state index in [-0.39, 0.29) is 24.2 Å². The lowest BCUT2D eigenvalue weighted by molar-refractivity contribution is -0.124. The van der Waals surface area contributed by atoms with Crippen LogP contribution >= 0.6 is 0 Å². The molecule has 26 heavy (non-hydrogen) atoms. The third kappa shape index (κ3) is 3.35. The first-order valence-electron chi connectivity index (χ1n) is 8.63. The quantitative estimate of drug-likeness (QED) is 0.540. The van der Waals surface area contributed by atoms with Crippen molar-refractivity contribution in [3.8, 4) is 0 Å². The van der Waals surface area contributed by atoms with Crippen molar-refractivity contribution in [3.05, 3.63) is 12.7 Å². The third-order valence-electron chi connectivity index (χ3n) is 4.77. The molecule has 2 aromatic heterocycles. The van der Waals surface area contributed by atoms with Gasteiger partial charge in [0.15, 0.2) is 17.7 Å². The minimum absolute atomic E-state index is 0.186. The molecule has 0 aliphatic carbocycles. The molecule has 0 aromatic carbocycles. The van der Waals surface area contributed by atoms with Crippen molar-refractivity contribution < 1.29 is 19.7 Å². The summed E-state index contributed by atoms with van der Waals surface area (Å²) < 4.78 is 7.35. The number of aliphatic hydroxyl groups is 2. The molecule has 142 valence electrons. The molecule has 5 N–H and O–H groups in total. The number of ether oxygens (including phenoxy) is 1. The molecule has 1 aliphatic heterocycles. The summed E-state index contributed by atoms with van der Waals surface area (Å²) in [5.74, 6) is 0.265. The highest BCUT2D eigenvalue weighted by Gasteiger charge is 2.45. The topological polar surface area (TPSA) is 148 Å². The van der Waals surface area contributed by atoms with Crippen molar-refractivity contribution in [1.29, 1.82) is 0 Å². The molecule has 0 bridgehead atoms. The lowest BCUT2D eigenvalue weighted by Gasteiger charge is -2.23. The van der Waals surface area contributed by atoms with Crippen molar-refractivity contribution >= 4 is 22.9 Å². The van der Waals surface area contributed by atoms with Gasteiger partial charge in [-0.2, -0.15) is 0 Å². The van der Waals surface area contributed by atoms with E-state index < -0.39 is 24.5 Å². The van der Waals surface area contributed by atoms with Gasteiger partial charge in [-0.25, -0.2) is 15.0 Å². The first-order chi connectivity index (χ1) is 12.5. The van der Waals surface area contributed by atoms with Gasteiger partial charge in [-0.3, -0.25) is 9.36 Å². The van der Waals surface area contributed by atoms with E-state index in [1.807, 2.05) is 13.8 Å². The van der Waals surface area contributed by atoms with Crippen molar-refractivity contribution in [2.75, 3.05) is 12.3 Å². The summed E-state index contributed by atoms with van der Waals surface area (Å²) in [4.78, 5) is 24.6. The van der Waals surface area contributed by atoms with Gasteiger partial charge in [-0.1, -0.05) is 20.3 Å². The van der Waals surface area contributed by atoms with Crippen LogP contribution in [0.25, 0.3) is 11.2 Å². The van der Waals surface area contributed by atoms with E-state index in [0.29, 0.717) is 17.6 Å². The number of nitrogens with zero attached hydrogens (tertiary/aromatic N) is 4. The molecule has 1 saturated heterocycles. The monoisotopic (exact) mass is 364 g/mol. The highest BCUT2D eigenvalue weighted by atomic mass is 16.5. The van der Waals surface area contributed by atoms with Crippen LogP contribution in [0.3, 0.4) is 0 Å². The maximum absolute atomic E-state index is 12.3. The predicted octanol–water partition coefficient (Wildman–Crippen LogP) is -0.420. The zero-order valence-electron chi connectivity index (χ0n) is 14.7. The summed E-state index contributed by atoms with van der Waals surface area (Å²) >= 11 is 0. The Bertz CT molecular complexity index is 781. The van der Waals surface area contributed by atoms with E-state index >= 15 is 0 Å². The van der Waals surface area contributed by atoms with Crippen LogP contribution in [-0.2, 0) is 9.53 Å². The summed E-state index contributed by atoms with van der Waals surface area (Å²) in [5.41, 5.74) is 6.64. The Hall–Kier alpha value is -2.30. The molecule has 0 radical (unpaired) electrons. The number of carbonyl (C=O) groups excluding carboxylic acids is 1. The van der Waals surface area contributed by atoms with Crippen LogP contribution in [0.1, 0.15) is 32.9 Å². The van der Waals surface area contributed by atoms with E-state index in [2.05, 4.69) is 20.3 Å². The maximum atomic E-state index is 12.3.